The van der Waals surface area contributed by atoms with Crippen LogP contribution in [0.15, 0.2) is 59.2 Å². The topological polar surface area (TPSA) is 61.4 Å². The first-order valence-corrected chi connectivity index (χ1v) is 8.77. The summed E-state index contributed by atoms with van der Waals surface area (Å²) in [5, 5.41) is 0. The zero-order valence-electron chi connectivity index (χ0n) is 15.6. The average Bonchev–Trinajstić information content (AvgIpc) is 3.29. The third-order valence-electron chi connectivity index (χ3n) is 4.42. The van der Waals surface area contributed by atoms with E-state index in [9.17, 15) is 14.0 Å². The normalized spacial score (nSPS) is 11.1. The summed E-state index contributed by atoms with van der Waals surface area (Å²) in [6.45, 7) is 4.15. The molecule has 6 heteroatoms. The Kier molecular flexibility index (Phi) is 5.89. The highest BCUT2D eigenvalue weighted by Gasteiger charge is 2.11. The predicted molar refractivity (Wildman–Crippen MR) is 102 cm³/mol. The molecule has 5 nitrogen and oxygen atoms in total. The van der Waals surface area contributed by atoms with Gasteiger partial charge in [-0.05, 0) is 68.0 Å². The summed E-state index contributed by atoms with van der Waals surface area (Å²) >= 11 is 0. The monoisotopic (exact) mass is 381 g/mol. The number of aryl methyl sites for hydroxylation is 1. The smallest absolute Gasteiger partial charge is 0.331 e. The predicted octanol–water partition coefficient (Wildman–Crippen LogP) is 4.32. The summed E-state index contributed by atoms with van der Waals surface area (Å²) in [5.41, 5.74) is 3.19. The van der Waals surface area contributed by atoms with Gasteiger partial charge in [0.1, 0.15) is 11.6 Å². The number of rotatable bonds is 7. The van der Waals surface area contributed by atoms with Gasteiger partial charge in [0.2, 0.25) is 0 Å². The molecule has 0 aliphatic rings. The fourth-order valence-electron chi connectivity index (χ4n) is 2.86. The van der Waals surface area contributed by atoms with Gasteiger partial charge in [-0.25, -0.2) is 9.18 Å². The number of nitrogens with zero attached hydrogens (tertiary/aromatic N) is 1. The van der Waals surface area contributed by atoms with Crippen LogP contribution >= 0.6 is 0 Å². The number of Topliss-reactive ketones (excluding diaryl/α,β-unsaturated/α-hetero) is 1. The largest absolute Gasteiger partial charge is 0.467 e. The van der Waals surface area contributed by atoms with Crippen LogP contribution in [-0.2, 0) is 16.1 Å². The standard InChI is InChI=1S/C22H20FNO4/c1-15-12-18(16(2)24(15)13-20-4-3-11-27-20)7-10-22(26)28-14-21(25)17-5-8-19(23)9-6-17/h3-12H,13-14H2,1-2H3/b10-7+. The molecule has 0 saturated carbocycles. The lowest BCUT2D eigenvalue weighted by molar-refractivity contribution is -0.136. The minimum absolute atomic E-state index is 0.291. The van der Waals surface area contributed by atoms with Gasteiger partial charge in [-0.2, -0.15) is 0 Å². The van der Waals surface area contributed by atoms with Crippen LogP contribution in [0.1, 0.15) is 33.1 Å². The Hall–Kier alpha value is -3.41. The first-order valence-electron chi connectivity index (χ1n) is 8.77. The van der Waals surface area contributed by atoms with Gasteiger partial charge in [0.05, 0.1) is 12.8 Å². The summed E-state index contributed by atoms with van der Waals surface area (Å²) in [5.74, 6) is -0.596. The second-order valence-electron chi connectivity index (χ2n) is 6.36. The molecule has 0 N–H and O–H groups in total. The summed E-state index contributed by atoms with van der Waals surface area (Å²) in [7, 11) is 0. The number of carbonyl (C=O) groups excluding carboxylic acids is 2. The molecule has 28 heavy (non-hydrogen) atoms. The van der Waals surface area contributed by atoms with E-state index in [1.807, 2.05) is 32.0 Å². The molecule has 144 valence electrons. The molecule has 0 aliphatic carbocycles. The first kappa shape index (κ1) is 19.4. The number of furan rings is 1. The molecule has 3 aromatic rings. The van der Waals surface area contributed by atoms with Crippen molar-refractivity contribution >= 4 is 17.8 Å². The van der Waals surface area contributed by atoms with Crippen molar-refractivity contribution in [3.63, 3.8) is 0 Å². The van der Waals surface area contributed by atoms with Crippen molar-refractivity contribution in [1.82, 2.24) is 4.57 Å². The Morgan fingerprint density at radius 2 is 1.93 bits per heavy atom. The van der Waals surface area contributed by atoms with Crippen LogP contribution in [0.3, 0.4) is 0 Å². The van der Waals surface area contributed by atoms with E-state index in [0.29, 0.717) is 12.1 Å². The third kappa shape index (κ3) is 4.65. The highest BCUT2D eigenvalue weighted by atomic mass is 19.1. The highest BCUT2D eigenvalue weighted by Crippen LogP contribution is 2.18. The quantitative estimate of drug-likeness (QED) is 0.347. The number of ketones is 1. The Labute approximate surface area is 162 Å². The van der Waals surface area contributed by atoms with Crippen LogP contribution in [0.4, 0.5) is 4.39 Å². The Bertz CT molecular complexity index is 998. The van der Waals surface area contributed by atoms with Gasteiger partial charge in [0.25, 0.3) is 0 Å². The molecule has 0 amide bonds. The van der Waals surface area contributed by atoms with E-state index in [2.05, 4.69) is 4.57 Å². The van der Waals surface area contributed by atoms with Crippen LogP contribution in [0.2, 0.25) is 0 Å². The number of halogens is 1. The van der Waals surface area contributed by atoms with Gasteiger partial charge >= 0.3 is 5.97 Å². The van der Waals surface area contributed by atoms with Crippen molar-refractivity contribution < 1.29 is 23.1 Å². The molecule has 2 heterocycles. The minimum Gasteiger partial charge on any atom is -0.467 e. The van der Waals surface area contributed by atoms with Crippen LogP contribution in [0, 0.1) is 19.7 Å². The Morgan fingerprint density at radius 1 is 1.18 bits per heavy atom. The van der Waals surface area contributed by atoms with Gasteiger partial charge < -0.3 is 13.7 Å². The number of carbonyl (C=O) groups is 2. The van der Waals surface area contributed by atoms with Crippen molar-refractivity contribution in [3.05, 3.63) is 88.9 Å². The number of benzene rings is 1. The number of ether oxygens (including phenoxy) is 1. The number of esters is 1. The molecule has 0 unspecified atom stereocenters. The molecule has 1 aromatic carbocycles. The first-order chi connectivity index (χ1) is 13.4. The van der Waals surface area contributed by atoms with Gasteiger partial charge in [-0.3, -0.25) is 4.79 Å². The van der Waals surface area contributed by atoms with E-state index >= 15 is 0 Å². The van der Waals surface area contributed by atoms with Gasteiger partial charge in [-0.1, -0.05) is 0 Å². The fourth-order valence-corrected chi connectivity index (χ4v) is 2.86. The zero-order valence-corrected chi connectivity index (χ0v) is 15.6. The maximum absolute atomic E-state index is 12.9. The lowest BCUT2D eigenvalue weighted by Gasteiger charge is -2.07. The van der Waals surface area contributed by atoms with Crippen LogP contribution in [0.5, 0.6) is 0 Å². The summed E-state index contributed by atoms with van der Waals surface area (Å²) in [6, 6.07) is 10.8. The summed E-state index contributed by atoms with van der Waals surface area (Å²) in [6.07, 6.45) is 4.58. The van der Waals surface area contributed by atoms with E-state index in [1.165, 1.54) is 30.3 Å². The van der Waals surface area contributed by atoms with E-state index in [4.69, 9.17) is 9.15 Å². The minimum atomic E-state index is -0.619. The number of aromatic nitrogens is 1. The number of hydrogen-bond acceptors (Lipinski definition) is 4. The molecule has 2 aromatic heterocycles. The van der Waals surface area contributed by atoms with Gasteiger partial charge in [0, 0.05) is 23.0 Å². The molecule has 0 atom stereocenters. The van der Waals surface area contributed by atoms with Crippen molar-refractivity contribution in [3.8, 4) is 0 Å². The van der Waals surface area contributed by atoms with Crippen LogP contribution < -0.4 is 0 Å². The summed E-state index contributed by atoms with van der Waals surface area (Å²) < 4.78 is 25.3. The average molecular weight is 381 g/mol. The van der Waals surface area contributed by atoms with E-state index in [-0.39, 0.29) is 0 Å². The second-order valence-corrected chi connectivity index (χ2v) is 6.36. The van der Waals surface area contributed by atoms with Crippen LogP contribution in [-0.4, -0.2) is 22.9 Å². The van der Waals surface area contributed by atoms with Crippen molar-refractivity contribution in [2.45, 2.75) is 20.4 Å². The fraction of sp³-hybridized carbons (Fsp3) is 0.182. The maximum atomic E-state index is 12.9. The lowest BCUT2D eigenvalue weighted by Crippen LogP contribution is -2.12. The second kappa shape index (κ2) is 8.52. The molecule has 0 saturated heterocycles. The van der Waals surface area contributed by atoms with Gasteiger partial charge in [0.15, 0.2) is 12.4 Å². The molecule has 0 radical (unpaired) electrons. The van der Waals surface area contributed by atoms with Gasteiger partial charge in [-0.15, -0.1) is 0 Å². The molecule has 0 aliphatic heterocycles. The highest BCUT2D eigenvalue weighted by molar-refractivity contribution is 5.98. The van der Waals surface area contributed by atoms with E-state index in [0.717, 1.165) is 22.7 Å². The van der Waals surface area contributed by atoms with Crippen molar-refractivity contribution in [2.75, 3.05) is 6.61 Å². The number of hydrogen-bond donors (Lipinski definition) is 0. The van der Waals surface area contributed by atoms with Crippen molar-refractivity contribution in [1.29, 1.82) is 0 Å². The molecule has 3 rings (SSSR count). The SMILES string of the molecule is Cc1cc(/C=C/C(=O)OCC(=O)c2ccc(F)cc2)c(C)n1Cc1ccco1. The van der Waals surface area contributed by atoms with E-state index < -0.39 is 24.2 Å². The lowest BCUT2D eigenvalue weighted by atomic mass is 10.1. The molecular weight excluding hydrogens is 361 g/mol. The summed E-state index contributed by atoms with van der Waals surface area (Å²) in [4.78, 5) is 23.9. The van der Waals surface area contributed by atoms with Crippen molar-refractivity contribution in [2.24, 2.45) is 0 Å². The molecule has 0 bridgehead atoms. The molecular formula is C22H20FNO4. The third-order valence-corrected chi connectivity index (χ3v) is 4.42. The maximum Gasteiger partial charge on any atom is 0.331 e. The molecule has 0 fully saturated rings. The zero-order chi connectivity index (χ0) is 20.1. The van der Waals surface area contributed by atoms with E-state index in [1.54, 1.807) is 12.3 Å². The Morgan fingerprint density at radius 3 is 2.61 bits per heavy atom. The Balaban J connectivity index is 1.59. The molecule has 0 spiro atoms. The van der Waals surface area contributed by atoms with Crippen LogP contribution in [0.25, 0.3) is 6.08 Å².